The number of β-amino-alcohol motifs (C(OH)–C–C–N with tert-alkyl or cyclic N) is 1. The van der Waals surface area contributed by atoms with Crippen molar-refractivity contribution in [1.29, 1.82) is 0 Å². The molecule has 2 aromatic rings. The molecule has 0 unspecified atom stereocenters. The van der Waals surface area contributed by atoms with Gasteiger partial charge in [-0.1, -0.05) is 30.3 Å². The Bertz CT molecular complexity index is 712. The van der Waals surface area contributed by atoms with Gasteiger partial charge in [-0.2, -0.15) is 15.4 Å². The summed E-state index contributed by atoms with van der Waals surface area (Å²) in [6, 6.07) is 10.5. The minimum atomic E-state index is -1.08. The van der Waals surface area contributed by atoms with Crippen molar-refractivity contribution in [3.63, 3.8) is 0 Å². The van der Waals surface area contributed by atoms with Gasteiger partial charge in [0.2, 0.25) is 5.91 Å². The number of carbonyl (C=O) groups is 1. The zero-order chi connectivity index (χ0) is 17.3. The average molecular weight is 340 g/mol. The van der Waals surface area contributed by atoms with Crippen LogP contribution in [0.5, 0.6) is 0 Å². The van der Waals surface area contributed by atoms with E-state index in [2.05, 4.69) is 39.7 Å². The number of aliphatic hydroxyl groups is 1. The molecule has 6 nitrogen and oxygen atoms in total. The largest absolute Gasteiger partial charge is 0.382 e. The summed E-state index contributed by atoms with van der Waals surface area (Å²) in [5.41, 5.74) is 0.829. The van der Waals surface area contributed by atoms with Crippen molar-refractivity contribution in [1.82, 2.24) is 20.3 Å². The smallest absolute Gasteiger partial charge is 0.222 e. The quantitative estimate of drug-likeness (QED) is 0.894. The molecule has 1 aromatic carbocycles. The van der Waals surface area contributed by atoms with E-state index in [0.717, 1.165) is 19.3 Å². The lowest BCUT2D eigenvalue weighted by molar-refractivity contribution is -0.140. The molecule has 2 heterocycles. The van der Waals surface area contributed by atoms with E-state index < -0.39 is 5.60 Å². The highest BCUT2D eigenvalue weighted by molar-refractivity contribution is 5.76. The van der Waals surface area contributed by atoms with Gasteiger partial charge in [0, 0.05) is 13.0 Å². The molecule has 2 aliphatic rings. The van der Waals surface area contributed by atoms with Gasteiger partial charge in [-0.15, -0.1) is 0 Å². The van der Waals surface area contributed by atoms with E-state index in [1.807, 2.05) is 6.07 Å². The minimum absolute atomic E-state index is 0.151. The second-order valence-corrected chi connectivity index (χ2v) is 7.45. The lowest BCUT2D eigenvalue weighted by Crippen LogP contribution is -2.49. The maximum Gasteiger partial charge on any atom is 0.222 e. The van der Waals surface area contributed by atoms with Crippen LogP contribution in [0.25, 0.3) is 0 Å². The van der Waals surface area contributed by atoms with Gasteiger partial charge in [-0.05, 0) is 43.1 Å². The van der Waals surface area contributed by atoms with Gasteiger partial charge < -0.3 is 10.0 Å². The Morgan fingerprint density at radius 1 is 1.32 bits per heavy atom. The van der Waals surface area contributed by atoms with Crippen LogP contribution in [0.1, 0.15) is 49.3 Å². The van der Waals surface area contributed by atoms with Crippen LogP contribution in [0.15, 0.2) is 36.5 Å². The fraction of sp³-hybridized carbons (Fsp3) is 0.526. The lowest BCUT2D eigenvalue weighted by atomic mass is 9.70. The van der Waals surface area contributed by atoms with Gasteiger partial charge in [0.1, 0.15) is 11.3 Å². The van der Waals surface area contributed by atoms with Crippen LogP contribution in [0, 0.1) is 5.92 Å². The monoisotopic (exact) mass is 340 g/mol. The first-order valence-corrected chi connectivity index (χ1v) is 9.05. The van der Waals surface area contributed by atoms with E-state index in [0.29, 0.717) is 43.5 Å². The van der Waals surface area contributed by atoms with Crippen LogP contribution in [0.4, 0.5) is 0 Å². The van der Waals surface area contributed by atoms with E-state index >= 15 is 0 Å². The third-order valence-corrected chi connectivity index (χ3v) is 5.69. The molecule has 132 valence electrons. The Morgan fingerprint density at radius 3 is 2.84 bits per heavy atom. The number of carbonyl (C=O) groups excluding carboxylic acids is 1. The summed E-state index contributed by atoms with van der Waals surface area (Å²) >= 11 is 0. The number of amides is 1. The van der Waals surface area contributed by atoms with Crippen LogP contribution < -0.4 is 0 Å². The fourth-order valence-corrected chi connectivity index (χ4v) is 4.16. The summed E-state index contributed by atoms with van der Waals surface area (Å²) in [5, 5.41) is 21.2. The summed E-state index contributed by atoms with van der Waals surface area (Å²) in [5.74, 6) is 1.20. The van der Waals surface area contributed by atoms with Crippen LogP contribution in [-0.4, -0.2) is 44.4 Å². The number of piperidine rings is 1. The summed E-state index contributed by atoms with van der Waals surface area (Å²) in [4.78, 5) is 14.5. The number of nitrogens with one attached hydrogen (secondary N) is 1. The predicted octanol–water partition coefficient (Wildman–Crippen LogP) is 2.20. The fourth-order valence-electron chi connectivity index (χ4n) is 4.16. The van der Waals surface area contributed by atoms with Gasteiger partial charge in [-0.3, -0.25) is 4.79 Å². The summed E-state index contributed by atoms with van der Waals surface area (Å²) in [6.45, 7) is 1.03. The standard InChI is InChI=1S/C19H24N4O2/c24-18(11-14-9-16(10-14)15-5-2-1-3-6-15)23-8-4-7-19(25,13-23)17-12-20-22-21-17/h1-3,5-6,12,14,16,25H,4,7-11,13H2,(H,20,21,22)/t14?,16?,19-/m1/s1. The molecule has 0 radical (unpaired) electrons. The molecule has 1 aromatic heterocycles. The van der Waals surface area contributed by atoms with Crippen molar-refractivity contribution in [3.8, 4) is 0 Å². The van der Waals surface area contributed by atoms with E-state index in [9.17, 15) is 9.90 Å². The molecule has 25 heavy (non-hydrogen) atoms. The highest BCUT2D eigenvalue weighted by atomic mass is 16.3. The Balaban J connectivity index is 1.32. The molecule has 1 atom stereocenters. The van der Waals surface area contributed by atoms with Gasteiger partial charge in [0.05, 0.1) is 12.7 Å². The second-order valence-electron chi connectivity index (χ2n) is 7.45. The minimum Gasteiger partial charge on any atom is -0.382 e. The molecule has 4 rings (SSSR count). The first-order valence-electron chi connectivity index (χ1n) is 9.05. The number of hydrogen-bond acceptors (Lipinski definition) is 4. The molecule has 6 heteroatoms. The number of nitrogens with zero attached hydrogens (tertiary/aromatic N) is 3. The second kappa shape index (κ2) is 6.59. The van der Waals surface area contributed by atoms with Gasteiger partial charge in [0.15, 0.2) is 0 Å². The van der Waals surface area contributed by atoms with E-state index in [1.165, 1.54) is 5.56 Å². The van der Waals surface area contributed by atoms with Crippen LogP contribution >= 0.6 is 0 Å². The van der Waals surface area contributed by atoms with Crippen LogP contribution in [-0.2, 0) is 10.4 Å². The van der Waals surface area contributed by atoms with Crippen molar-refractivity contribution in [2.75, 3.05) is 13.1 Å². The molecule has 0 bridgehead atoms. The first-order chi connectivity index (χ1) is 12.1. The van der Waals surface area contributed by atoms with Gasteiger partial charge >= 0.3 is 0 Å². The molecule has 1 aliphatic heterocycles. The van der Waals surface area contributed by atoms with Crippen molar-refractivity contribution in [2.24, 2.45) is 5.92 Å². The van der Waals surface area contributed by atoms with Crippen molar-refractivity contribution in [3.05, 3.63) is 47.8 Å². The third kappa shape index (κ3) is 3.31. The molecule has 2 N–H and O–H groups in total. The van der Waals surface area contributed by atoms with Gasteiger partial charge in [0.25, 0.3) is 0 Å². The predicted molar refractivity (Wildman–Crippen MR) is 92.6 cm³/mol. The number of benzene rings is 1. The highest BCUT2D eigenvalue weighted by Gasteiger charge is 2.40. The molecule has 1 amide bonds. The molecule has 1 saturated carbocycles. The Morgan fingerprint density at radius 2 is 2.12 bits per heavy atom. The first kappa shape index (κ1) is 16.3. The summed E-state index contributed by atoms with van der Waals surface area (Å²) in [6.07, 6.45) is 5.69. The number of aromatic nitrogens is 3. The van der Waals surface area contributed by atoms with E-state index in [1.54, 1.807) is 11.1 Å². The highest BCUT2D eigenvalue weighted by Crippen LogP contribution is 2.43. The third-order valence-electron chi connectivity index (χ3n) is 5.69. The molecule has 1 saturated heterocycles. The van der Waals surface area contributed by atoms with Gasteiger partial charge in [-0.25, -0.2) is 0 Å². The zero-order valence-electron chi connectivity index (χ0n) is 14.3. The normalized spacial score (nSPS) is 29.2. The van der Waals surface area contributed by atoms with Crippen LogP contribution in [0.3, 0.4) is 0 Å². The average Bonchev–Trinajstić information content (AvgIpc) is 3.14. The van der Waals surface area contributed by atoms with E-state index in [-0.39, 0.29) is 5.91 Å². The molecule has 1 aliphatic carbocycles. The molecular formula is C19H24N4O2. The molecular weight excluding hydrogens is 316 g/mol. The number of H-pyrrole nitrogens is 1. The Labute approximate surface area is 147 Å². The molecule has 0 spiro atoms. The summed E-state index contributed by atoms with van der Waals surface area (Å²) < 4.78 is 0. The number of likely N-dealkylation sites (tertiary alicyclic amines) is 1. The maximum atomic E-state index is 12.7. The van der Waals surface area contributed by atoms with Crippen molar-refractivity contribution in [2.45, 2.75) is 43.6 Å². The number of aromatic amines is 1. The van der Waals surface area contributed by atoms with Crippen molar-refractivity contribution >= 4 is 5.91 Å². The molecule has 2 fully saturated rings. The topological polar surface area (TPSA) is 82.1 Å². The van der Waals surface area contributed by atoms with E-state index in [4.69, 9.17) is 0 Å². The summed E-state index contributed by atoms with van der Waals surface area (Å²) in [7, 11) is 0. The maximum absolute atomic E-state index is 12.7. The van der Waals surface area contributed by atoms with Crippen molar-refractivity contribution < 1.29 is 9.90 Å². The Hall–Kier alpha value is -2.21. The number of rotatable bonds is 4. The van der Waals surface area contributed by atoms with Crippen LogP contribution in [0.2, 0.25) is 0 Å². The zero-order valence-corrected chi connectivity index (χ0v) is 14.3. The number of hydrogen-bond donors (Lipinski definition) is 2. The SMILES string of the molecule is O=C(CC1CC(c2ccccc2)C1)N1CCC[C@](O)(c2cn[nH]n2)C1. The lowest BCUT2D eigenvalue weighted by Gasteiger charge is -2.40. The Kier molecular flexibility index (Phi) is 4.29.